The van der Waals surface area contributed by atoms with Crippen LogP contribution in [0.4, 0.5) is 0 Å². The number of ether oxygens (including phenoxy) is 2. The van der Waals surface area contributed by atoms with E-state index in [9.17, 15) is 14.4 Å². The molecule has 0 spiro atoms. The molecule has 0 fully saturated rings. The van der Waals surface area contributed by atoms with Crippen LogP contribution in [0.1, 0.15) is 28.0 Å². The van der Waals surface area contributed by atoms with Crippen LogP contribution < -0.4 is 20.1 Å². The average molecular weight is 601 g/mol. The highest BCUT2D eigenvalue weighted by atomic mass is 16.5. The summed E-state index contributed by atoms with van der Waals surface area (Å²) in [4.78, 5) is 42.1. The van der Waals surface area contributed by atoms with Crippen LogP contribution in [0.3, 0.4) is 0 Å². The van der Waals surface area contributed by atoms with Gasteiger partial charge in [0.15, 0.2) is 11.5 Å². The molecule has 1 aliphatic heterocycles. The van der Waals surface area contributed by atoms with Crippen molar-refractivity contribution < 1.29 is 23.9 Å². The number of rotatable bonds is 5. The molecule has 230 valence electrons. The molecule has 1 atom stereocenters. The Bertz CT molecular complexity index is 1540. The summed E-state index contributed by atoms with van der Waals surface area (Å²) in [6.45, 7) is 1.74. The van der Waals surface area contributed by atoms with E-state index < -0.39 is 11.9 Å². The van der Waals surface area contributed by atoms with Gasteiger partial charge in [0.25, 0.3) is 5.91 Å². The highest BCUT2D eigenvalue weighted by Gasteiger charge is 2.25. The van der Waals surface area contributed by atoms with Crippen LogP contribution in [0.25, 0.3) is 0 Å². The van der Waals surface area contributed by atoms with Crippen LogP contribution in [0.5, 0.6) is 11.5 Å². The molecule has 13 nitrogen and oxygen atoms in total. The molecule has 2 bridgehead atoms. The quantitative estimate of drug-likeness (QED) is 0.351. The molecule has 2 aromatic heterocycles. The minimum Gasteiger partial charge on any atom is -0.493 e. The third-order valence-corrected chi connectivity index (χ3v) is 7.24. The van der Waals surface area contributed by atoms with Crippen molar-refractivity contribution in [2.24, 2.45) is 0 Å². The minimum absolute atomic E-state index is 0.0726. The van der Waals surface area contributed by atoms with E-state index in [1.807, 2.05) is 36.5 Å². The number of benzene rings is 2. The lowest BCUT2D eigenvalue weighted by atomic mass is 10.0. The molecule has 0 unspecified atom stereocenters. The maximum absolute atomic E-state index is 13.6. The molecule has 3 heterocycles. The minimum atomic E-state index is -0.881. The Kier molecular flexibility index (Phi) is 10.2. The van der Waals surface area contributed by atoms with E-state index in [4.69, 9.17) is 9.47 Å². The largest absolute Gasteiger partial charge is 0.493 e. The van der Waals surface area contributed by atoms with Crippen molar-refractivity contribution in [2.45, 2.75) is 38.4 Å². The first-order chi connectivity index (χ1) is 21.5. The van der Waals surface area contributed by atoms with Gasteiger partial charge in [-0.1, -0.05) is 41.6 Å². The van der Waals surface area contributed by atoms with Crippen molar-refractivity contribution in [1.82, 2.24) is 40.3 Å². The van der Waals surface area contributed by atoms with Gasteiger partial charge in [0, 0.05) is 64.0 Å². The Labute approximate surface area is 255 Å². The van der Waals surface area contributed by atoms with E-state index >= 15 is 0 Å². The molecule has 0 aliphatic carbocycles. The second kappa shape index (κ2) is 14.8. The van der Waals surface area contributed by atoms with Gasteiger partial charge in [-0.3, -0.25) is 23.7 Å². The summed E-state index contributed by atoms with van der Waals surface area (Å²) in [5.74, 6) is -0.263. The molecule has 0 radical (unpaired) electrons. The van der Waals surface area contributed by atoms with E-state index in [-0.39, 0.29) is 43.4 Å². The second-order valence-electron chi connectivity index (χ2n) is 10.4. The van der Waals surface area contributed by atoms with Gasteiger partial charge in [0.2, 0.25) is 11.8 Å². The van der Waals surface area contributed by atoms with Gasteiger partial charge < -0.3 is 25.0 Å². The number of methoxy groups -OCH3 is 1. The fourth-order valence-electron chi connectivity index (χ4n) is 4.94. The number of amides is 3. The second-order valence-corrected chi connectivity index (χ2v) is 10.4. The molecule has 5 rings (SSSR count). The predicted octanol–water partition coefficient (Wildman–Crippen LogP) is 1.49. The molecule has 4 aromatic rings. The van der Waals surface area contributed by atoms with E-state index in [2.05, 4.69) is 26.0 Å². The Balaban J connectivity index is 1.39. The Morgan fingerprint density at radius 2 is 1.93 bits per heavy atom. The summed E-state index contributed by atoms with van der Waals surface area (Å²) < 4.78 is 14.8. The molecule has 44 heavy (non-hydrogen) atoms. The monoisotopic (exact) mass is 600 g/mol. The van der Waals surface area contributed by atoms with Gasteiger partial charge in [0.05, 0.1) is 25.0 Å². The summed E-state index contributed by atoms with van der Waals surface area (Å²) in [7, 11) is 1.51. The highest BCUT2D eigenvalue weighted by Crippen LogP contribution is 2.31. The number of fused-ring (bicyclic) bond motifs is 3. The Morgan fingerprint density at radius 3 is 2.73 bits per heavy atom. The summed E-state index contributed by atoms with van der Waals surface area (Å²) in [6, 6.07) is 15.4. The van der Waals surface area contributed by atoms with Crippen LogP contribution >= 0.6 is 0 Å². The number of para-hydroxylation sites is 1. The maximum Gasteiger partial charge on any atom is 0.255 e. The van der Waals surface area contributed by atoms with Crippen LogP contribution in [-0.2, 0) is 35.5 Å². The number of hydrogen-bond acceptors (Lipinski definition) is 8. The molecule has 13 heteroatoms. The van der Waals surface area contributed by atoms with Gasteiger partial charge in [0.1, 0.15) is 12.6 Å². The molecular weight excluding hydrogens is 564 g/mol. The van der Waals surface area contributed by atoms with Crippen LogP contribution in [-0.4, -0.2) is 86.8 Å². The molecule has 0 saturated heterocycles. The third-order valence-electron chi connectivity index (χ3n) is 7.24. The number of carbonyl (C=O) groups excluding carboxylic acids is 3. The first-order valence-electron chi connectivity index (χ1n) is 14.6. The summed E-state index contributed by atoms with van der Waals surface area (Å²) in [5.41, 5.74) is 1.89. The fourth-order valence-corrected chi connectivity index (χ4v) is 4.94. The van der Waals surface area contributed by atoms with Gasteiger partial charge in [-0.25, -0.2) is 0 Å². The standard InChI is InChI=1S/C31H36N8O5/c1-43-27-11-5-10-25-29(27)44-19-7-16-39-21-24(35-36-39)12-17-37(28(40)22-38-15-6-13-33-38)18-14-32-31(42)26(34-30(25)41)20-23-8-3-2-4-9-23/h2-6,8-11,13,15,21,26H,7,12,14,16-20,22H2,1H3,(H,32,42)(H,34,41)/t26-/m0/s1. The predicted molar refractivity (Wildman–Crippen MR) is 160 cm³/mol. The highest BCUT2D eigenvalue weighted by molar-refractivity contribution is 6.00. The van der Waals surface area contributed by atoms with E-state index in [0.717, 1.165) is 11.3 Å². The zero-order valence-electron chi connectivity index (χ0n) is 24.6. The molecule has 3 amide bonds. The SMILES string of the molecule is COc1cccc2c1OCCCn1cc(nn1)CCN(C(=O)Cn1cccn1)CCNC(=O)[C@H](Cc1ccccc1)NC2=O. The first kappa shape index (κ1) is 30.3. The topological polar surface area (TPSA) is 146 Å². The molecule has 2 aromatic carbocycles. The van der Waals surface area contributed by atoms with E-state index in [1.165, 1.54) is 7.11 Å². The Morgan fingerprint density at radius 1 is 1.07 bits per heavy atom. The van der Waals surface area contributed by atoms with E-state index in [1.54, 1.807) is 50.9 Å². The van der Waals surface area contributed by atoms with Crippen molar-refractivity contribution in [3.63, 3.8) is 0 Å². The number of nitrogens with one attached hydrogen (secondary N) is 2. The third kappa shape index (κ3) is 8.00. The lowest BCUT2D eigenvalue weighted by Crippen LogP contribution is -2.50. The van der Waals surface area contributed by atoms with Crippen molar-refractivity contribution >= 4 is 17.7 Å². The number of aryl methyl sites for hydroxylation is 1. The zero-order chi connectivity index (χ0) is 30.7. The van der Waals surface area contributed by atoms with Gasteiger partial charge >= 0.3 is 0 Å². The Hall–Kier alpha value is -5.20. The summed E-state index contributed by atoms with van der Waals surface area (Å²) in [6.07, 6.45) is 6.55. The molecular formula is C31H36N8O5. The van der Waals surface area contributed by atoms with E-state index in [0.29, 0.717) is 44.0 Å². The number of carbonyl (C=O) groups is 3. The van der Waals surface area contributed by atoms with Crippen LogP contribution in [0, 0.1) is 0 Å². The van der Waals surface area contributed by atoms with Crippen molar-refractivity contribution in [3.05, 3.63) is 90.0 Å². The van der Waals surface area contributed by atoms with Crippen molar-refractivity contribution in [3.8, 4) is 11.5 Å². The smallest absolute Gasteiger partial charge is 0.255 e. The molecule has 2 N–H and O–H groups in total. The molecule has 0 saturated carbocycles. The van der Waals surface area contributed by atoms with Crippen LogP contribution in [0.2, 0.25) is 0 Å². The van der Waals surface area contributed by atoms with Gasteiger partial charge in [-0.05, 0) is 23.8 Å². The maximum atomic E-state index is 13.6. The van der Waals surface area contributed by atoms with Gasteiger partial charge in [-0.15, -0.1) is 5.10 Å². The first-order valence-corrected chi connectivity index (χ1v) is 14.6. The normalized spacial score (nSPS) is 16.8. The number of aromatic nitrogens is 5. The van der Waals surface area contributed by atoms with Gasteiger partial charge in [-0.2, -0.15) is 5.10 Å². The molecule has 1 aliphatic rings. The van der Waals surface area contributed by atoms with Crippen molar-refractivity contribution in [2.75, 3.05) is 33.4 Å². The average Bonchev–Trinajstić information content (AvgIpc) is 3.72. The zero-order valence-corrected chi connectivity index (χ0v) is 24.6. The lowest BCUT2D eigenvalue weighted by Gasteiger charge is -2.24. The summed E-state index contributed by atoms with van der Waals surface area (Å²) >= 11 is 0. The van der Waals surface area contributed by atoms with Crippen molar-refractivity contribution in [1.29, 1.82) is 0 Å². The van der Waals surface area contributed by atoms with Crippen LogP contribution in [0.15, 0.2) is 73.2 Å². The number of nitrogens with zero attached hydrogens (tertiary/aromatic N) is 6. The summed E-state index contributed by atoms with van der Waals surface area (Å²) in [5, 5.41) is 18.4. The number of hydrogen-bond donors (Lipinski definition) is 2. The lowest BCUT2D eigenvalue weighted by molar-refractivity contribution is -0.132. The fraction of sp³-hybridized carbons (Fsp3) is 0.355.